The number of benzene rings is 2. The minimum absolute atomic E-state index is 0.0680. The fourth-order valence-corrected chi connectivity index (χ4v) is 2.48. The Morgan fingerprint density at radius 2 is 2.20 bits per heavy atom. The Balaban J connectivity index is 1.76. The van der Waals surface area contributed by atoms with Gasteiger partial charge in [-0.2, -0.15) is 0 Å². The molecule has 132 valence electrons. The van der Waals surface area contributed by atoms with Crippen LogP contribution in [0.2, 0.25) is 0 Å². The van der Waals surface area contributed by atoms with Gasteiger partial charge in [0.1, 0.15) is 11.6 Å². The minimum atomic E-state index is -0.844. The van der Waals surface area contributed by atoms with E-state index in [9.17, 15) is 14.3 Å². The smallest absolute Gasteiger partial charge is 0.267 e. The van der Waals surface area contributed by atoms with Gasteiger partial charge in [0, 0.05) is 6.07 Å². The lowest BCUT2D eigenvalue weighted by atomic mass is 10.2. The number of phenols is 1. The van der Waals surface area contributed by atoms with Crippen molar-refractivity contribution in [2.24, 2.45) is 0 Å². The molecule has 0 radical (unpaired) electrons. The fraction of sp³-hybridized carbons (Fsp3) is 0.278. The third kappa shape index (κ3) is 3.76. The molecule has 1 heterocycles. The van der Waals surface area contributed by atoms with E-state index in [-0.39, 0.29) is 29.9 Å². The van der Waals surface area contributed by atoms with Crippen LogP contribution in [0.1, 0.15) is 13.8 Å². The van der Waals surface area contributed by atoms with Gasteiger partial charge in [-0.1, -0.05) is 6.07 Å². The van der Waals surface area contributed by atoms with Gasteiger partial charge in [-0.15, -0.1) is 0 Å². The number of carbonyl (C=O) groups is 1. The molecule has 7 heteroatoms. The highest BCUT2D eigenvalue weighted by Gasteiger charge is 2.27. The second-order valence-electron chi connectivity index (χ2n) is 5.94. The van der Waals surface area contributed by atoms with Gasteiger partial charge in [0.05, 0.1) is 24.0 Å². The molecule has 3 N–H and O–H groups in total. The molecule has 0 bridgehead atoms. The number of carbonyl (C=O) groups excluding carboxylic acids is 1. The van der Waals surface area contributed by atoms with Crippen LogP contribution in [0.3, 0.4) is 0 Å². The molecular weight excluding hydrogens is 327 g/mol. The number of amides is 1. The Morgan fingerprint density at radius 3 is 2.96 bits per heavy atom. The topological polar surface area (TPSA) is 79.8 Å². The van der Waals surface area contributed by atoms with Crippen LogP contribution < -0.4 is 20.1 Å². The number of hydrogen-bond acceptors (Lipinski definition) is 5. The summed E-state index contributed by atoms with van der Waals surface area (Å²) < 4.78 is 24.5. The zero-order valence-electron chi connectivity index (χ0n) is 13.9. The average Bonchev–Trinajstić information content (AvgIpc) is 2.57. The van der Waals surface area contributed by atoms with Crippen LogP contribution in [0.25, 0.3) is 0 Å². The lowest BCUT2D eigenvalue weighted by Gasteiger charge is -2.27. The van der Waals surface area contributed by atoms with Gasteiger partial charge in [-0.05, 0) is 38.1 Å². The number of rotatable bonds is 4. The Hall–Kier alpha value is -2.96. The molecule has 6 nitrogen and oxygen atoms in total. The second kappa shape index (κ2) is 6.88. The molecule has 1 amide bonds. The van der Waals surface area contributed by atoms with E-state index in [1.54, 1.807) is 18.2 Å². The van der Waals surface area contributed by atoms with Crippen molar-refractivity contribution in [3.8, 4) is 17.2 Å². The van der Waals surface area contributed by atoms with Crippen molar-refractivity contribution >= 4 is 17.3 Å². The van der Waals surface area contributed by atoms with Crippen molar-refractivity contribution in [3.05, 3.63) is 42.2 Å². The maximum absolute atomic E-state index is 13.3. The van der Waals surface area contributed by atoms with Crippen molar-refractivity contribution in [3.63, 3.8) is 0 Å². The van der Waals surface area contributed by atoms with Gasteiger partial charge in [0.25, 0.3) is 5.91 Å². The maximum atomic E-state index is 13.3. The monoisotopic (exact) mass is 346 g/mol. The first-order chi connectivity index (χ1) is 11.9. The molecule has 1 atom stereocenters. The number of aromatic hydroxyl groups is 1. The predicted molar refractivity (Wildman–Crippen MR) is 91.8 cm³/mol. The summed E-state index contributed by atoms with van der Waals surface area (Å²) in [6.45, 7) is 3.87. The van der Waals surface area contributed by atoms with E-state index in [1.165, 1.54) is 18.2 Å². The summed E-state index contributed by atoms with van der Waals surface area (Å²) >= 11 is 0. The first-order valence-corrected chi connectivity index (χ1v) is 7.93. The zero-order chi connectivity index (χ0) is 18.0. The molecule has 0 spiro atoms. The summed E-state index contributed by atoms with van der Waals surface area (Å²) in [4.78, 5) is 12.5. The van der Waals surface area contributed by atoms with Gasteiger partial charge >= 0.3 is 0 Å². The zero-order valence-corrected chi connectivity index (χ0v) is 13.9. The number of anilines is 2. The van der Waals surface area contributed by atoms with Crippen molar-refractivity contribution in [1.82, 2.24) is 0 Å². The van der Waals surface area contributed by atoms with E-state index in [1.807, 2.05) is 13.8 Å². The van der Waals surface area contributed by atoms with E-state index in [4.69, 9.17) is 9.47 Å². The second-order valence-corrected chi connectivity index (χ2v) is 5.94. The molecule has 1 aliphatic rings. The van der Waals surface area contributed by atoms with Crippen molar-refractivity contribution in [2.75, 3.05) is 17.2 Å². The minimum Gasteiger partial charge on any atom is -0.504 e. The molecule has 1 aliphatic heterocycles. The van der Waals surface area contributed by atoms with Crippen LogP contribution >= 0.6 is 0 Å². The molecule has 25 heavy (non-hydrogen) atoms. The number of ether oxygens (including phenoxy) is 2. The van der Waals surface area contributed by atoms with E-state index in [2.05, 4.69) is 10.6 Å². The molecule has 0 saturated carbocycles. The maximum Gasteiger partial charge on any atom is 0.267 e. The normalized spacial score (nSPS) is 15.8. The van der Waals surface area contributed by atoms with Crippen LogP contribution in [-0.2, 0) is 4.79 Å². The summed E-state index contributed by atoms with van der Waals surface area (Å²) in [5.41, 5.74) is 0.971. The molecule has 0 fully saturated rings. The molecule has 3 rings (SSSR count). The number of fused-ring (bicyclic) bond motifs is 1. The first-order valence-electron chi connectivity index (χ1n) is 7.93. The summed E-state index contributed by atoms with van der Waals surface area (Å²) in [6.07, 6.45) is -1.02. The summed E-state index contributed by atoms with van der Waals surface area (Å²) in [5, 5.41) is 15.7. The lowest BCUT2D eigenvalue weighted by Crippen LogP contribution is -2.41. The molecule has 2 aromatic rings. The number of hydrogen-bond donors (Lipinski definition) is 3. The van der Waals surface area contributed by atoms with Gasteiger partial charge in [0.2, 0.25) is 0 Å². The van der Waals surface area contributed by atoms with Crippen LogP contribution in [0.4, 0.5) is 15.8 Å². The Morgan fingerprint density at radius 1 is 1.40 bits per heavy atom. The van der Waals surface area contributed by atoms with Crippen molar-refractivity contribution in [2.45, 2.75) is 26.1 Å². The molecule has 0 aliphatic carbocycles. The molecule has 2 aromatic carbocycles. The predicted octanol–water partition coefficient (Wildman–Crippen LogP) is 3.13. The Labute approximate surface area is 144 Å². The number of nitrogens with one attached hydrogen (secondary N) is 2. The first kappa shape index (κ1) is 16.9. The molecular formula is C18H19FN2O4. The van der Waals surface area contributed by atoms with Crippen LogP contribution in [0.15, 0.2) is 36.4 Å². The Kier molecular flexibility index (Phi) is 4.65. The van der Waals surface area contributed by atoms with Gasteiger partial charge in [-0.25, -0.2) is 4.39 Å². The number of halogens is 1. The quantitative estimate of drug-likeness (QED) is 0.793. The van der Waals surface area contributed by atoms with Crippen molar-refractivity contribution in [1.29, 1.82) is 0 Å². The molecule has 1 unspecified atom stereocenters. The highest BCUT2D eigenvalue weighted by molar-refractivity contribution is 5.97. The van der Waals surface area contributed by atoms with Crippen LogP contribution in [0, 0.1) is 5.82 Å². The van der Waals surface area contributed by atoms with E-state index < -0.39 is 17.8 Å². The summed E-state index contributed by atoms with van der Waals surface area (Å²) in [7, 11) is 0. The number of para-hydroxylation sites is 1. The molecule has 0 saturated heterocycles. The number of phenolic OH excluding ortho intramolecular Hbond substituents is 1. The Bertz CT molecular complexity index is 795. The van der Waals surface area contributed by atoms with E-state index in [0.29, 0.717) is 11.4 Å². The lowest BCUT2D eigenvalue weighted by molar-refractivity contribution is -0.122. The van der Waals surface area contributed by atoms with Gasteiger partial charge < -0.3 is 25.2 Å². The average molecular weight is 346 g/mol. The largest absolute Gasteiger partial charge is 0.504 e. The highest BCUT2D eigenvalue weighted by Crippen LogP contribution is 2.36. The fourth-order valence-electron chi connectivity index (χ4n) is 2.48. The standard InChI is InChI=1S/C18H19FN2O4/c1-10(2)24-17-13(4-3-5-14(17)22)21-18(23)16-9-20-12-7-6-11(19)8-15(12)25-16/h3-8,10,16,20,22H,9H2,1-2H3,(H,21,23). The SMILES string of the molecule is CC(C)Oc1c(O)cccc1NC(=O)C1CNc2ccc(F)cc2O1. The van der Waals surface area contributed by atoms with Crippen molar-refractivity contribution < 1.29 is 23.8 Å². The van der Waals surface area contributed by atoms with E-state index >= 15 is 0 Å². The molecule has 0 aromatic heterocycles. The van der Waals surface area contributed by atoms with Crippen LogP contribution in [-0.4, -0.2) is 29.8 Å². The van der Waals surface area contributed by atoms with E-state index in [0.717, 1.165) is 0 Å². The van der Waals surface area contributed by atoms with Crippen LogP contribution in [0.5, 0.6) is 17.2 Å². The van der Waals surface area contributed by atoms with Gasteiger partial charge in [0.15, 0.2) is 17.6 Å². The van der Waals surface area contributed by atoms with Gasteiger partial charge in [-0.3, -0.25) is 4.79 Å². The summed E-state index contributed by atoms with van der Waals surface area (Å²) in [6, 6.07) is 8.80. The third-order valence-electron chi connectivity index (χ3n) is 3.59. The summed E-state index contributed by atoms with van der Waals surface area (Å²) in [5.74, 6) is -0.465. The third-order valence-corrected chi connectivity index (χ3v) is 3.59. The highest BCUT2D eigenvalue weighted by atomic mass is 19.1.